The number of ether oxygens (including phenoxy) is 7. The van der Waals surface area contributed by atoms with E-state index in [4.69, 9.17) is 33.2 Å². The molecule has 0 aromatic carbocycles. The molecule has 12 bridgehead atoms. The Kier molecular flexibility index (Phi) is 21.7. The van der Waals surface area contributed by atoms with Gasteiger partial charge < -0.3 is 33.2 Å². The highest BCUT2D eigenvalue weighted by molar-refractivity contribution is 5.79. The Morgan fingerprint density at radius 1 is 0.447 bits per heavy atom. The summed E-state index contributed by atoms with van der Waals surface area (Å²) in [7, 11) is 0. The van der Waals surface area contributed by atoms with E-state index in [0.717, 1.165) is 86.4 Å². The summed E-state index contributed by atoms with van der Waals surface area (Å²) in [6.45, 7) is 34.1. The van der Waals surface area contributed by atoms with Crippen molar-refractivity contribution in [2.75, 3.05) is 6.61 Å². The minimum atomic E-state index is -0.666. The number of carbonyl (C=O) groups excluding carboxylic acids is 7. The second-order valence-corrected chi connectivity index (χ2v) is 32.3. The maximum atomic E-state index is 12.6. The van der Waals surface area contributed by atoms with E-state index in [9.17, 15) is 33.6 Å². The minimum Gasteiger partial charge on any atom is -0.462 e. The lowest BCUT2D eigenvalue weighted by Gasteiger charge is -2.60. The number of esters is 7. The molecule has 0 amide bonds. The number of carbonyl (C=O) groups is 7. The highest BCUT2D eigenvalue weighted by Gasteiger charge is 2.60. The van der Waals surface area contributed by atoms with Gasteiger partial charge in [-0.05, 0) is 283 Å². The second kappa shape index (κ2) is 26.8. The van der Waals surface area contributed by atoms with Crippen molar-refractivity contribution in [2.45, 2.75) is 307 Å². The first-order chi connectivity index (χ1) is 39.6. The summed E-state index contributed by atoms with van der Waals surface area (Å²) in [5, 5.41) is 0. The van der Waals surface area contributed by atoms with Crippen LogP contribution in [0.15, 0.2) is 0 Å². The summed E-state index contributed by atoms with van der Waals surface area (Å²) >= 11 is 0. The van der Waals surface area contributed by atoms with Gasteiger partial charge in [-0.2, -0.15) is 0 Å². The van der Waals surface area contributed by atoms with Gasteiger partial charge in [0.25, 0.3) is 0 Å². The molecule has 12 saturated carbocycles. The molecule has 12 aliphatic carbocycles. The minimum absolute atomic E-state index is 0.0185. The summed E-state index contributed by atoms with van der Waals surface area (Å²) < 4.78 is 38.2. The van der Waals surface area contributed by atoms with E-state index in [1.807, 2.05) is 83.1 Å². The van der Waals surface area contributed by atoms with Crippen LogP contribution in [0.2, 0.25) is 0 Å². The fourth-order valence-corrected chi connectivity index (χ4v) is 16.7. The maximum Gasteiger partial charge on any atom is 0.314 e. The van der Waals surface area contributed by atoms with Crippen LogP contribution in [-0.4, -0.2) is 77.6 Å². The molecule has 14 heteroatoms. The zero-order valence-corrected chi connectivity index (χ0v) is 56.1. The van der Waals surface area contributed by atoms with E-state index in [0.29, 0.717) is 49.4 Å². The van der Waals surface area contributed by atoms with E-state index >= 15 is 0 Å². The number of hydrogen-bond acceptors (Lipinski definition) is 14. The van der Waals surface area contributed by atoms with E-state index in [1.54, 1.807) is 0 Å². The van der Waals surface area contributed by atoms with Crippen LogP contribution in [0.1, 0.15) is 278 Å². The molecule has 85 heavy (non-hydrogen) atoms. The zero-order valence-electron chi connectivity index (χ0n) is 56.1. The van der Waals surface area contributed by atoms with Gasteiger partial charge in [0.1, 0.15) is 29.5 Å². The molecule has 2 saturated heterocycles. The van der Waals surface area contributed by atoms with Crippen LogP contribution in [0.3, 0.4) is 0 Å². The van der Waals surface area contributed by atoms with Gasteiger partial charge in [-0.15, -0.1) is 0 Å². The summed E-state index contributed by atoms with van der Waals surface area (Å²) in [6, 6.07) is 0. The van der Waals surface area contributed by atoms with Crippen molar-refractivity contribution in [3.05, 3.63) is 0 Å². The van der Waals surface area contributed by atoms with Gasteiger partial charge in [0.2, 0.25) is 6.29 Å². The summed E-state index contributed by atoms with van der Waals surface area (Å²) in [5.41, 5.74) is -2.34. The molecule has 14 nitrogen and oxygen atoms in total. The number of hydrogen-bond donors (Lipinski definition) is 0. The van der Waals surface area contributed by atoms with Crippen molar-refractivity contribution in [1.82, 2.24) is 0 Å². The number of cyclic esters (lactones) is 2. The van der Waals surface area contributed by atoms with Crippen LogP contribution in [0.5, 0.6) is 0 Å². The fraction of sp³-hybridized carbons (Fsp3) is 0.901. The normalized spacial score (nSPS) is 36.1. The molecule has 0 N–H and O–H groups in total. The van der Waals surface area contributed by atoms with Crippen molar-refractivity contribution in [3.63, 3.8) is 0 Å². The standard InChI is InChI=1S/C18H30O2.C17H28O2.C16H26O2.2C10H16O4/c1-5-17(3,4)16(19)20-18(6-2)14-8-12-7-13(10-14)11-15(18)9-12;1-5-16(2,3)15(18)19-17(4)13-7-11-6-12(9-13)10-14(17)8-11;1-4-15(2,3)14(17)18-16-8-11-5-12(9-16)7-13(6-11)10-16;1-4-10(2,3)9(12)14-7-5-8(11)13-6-7;1-4-10(2,3)9(12)14-8-6-5-7(11)13-8/h12-15H,5-11H2,1-4H3;11-14H,5-10H2,1-4H3;11-13H,4-10H2,1-3H3;7H,4-6H2,1-3H3;8H,4-6H2,1-3H3. The predicted octanol–water partition coefficient (Wildman–Crippen LogP) is 15.6. The van der Waals surface area contributed by atoms with Crippen LogP contribution in [0.25, 0.3) is 0 Å². The van der Waals surface area contributed by atoms with Crippen LogP contribution in [0.4, 0.5) is 0 Å². The third-order valence-corrected chi connectivity index (χ3v) is 24.1. The maximum absolute atomic E-state index is 12.6. The molecule has 0 spiro atoms. The molecule has 2 unspecified atom stereocenters. The molecule has 0 aromatic heterocycles. The largest absolute Gasteiger partial charge is 0.462 e. The van der Waals surface area contributed by atoms with Gasteiger partial charge in [0, 0.05) is 6.42 Å². The first-order valence-corrected chi connectivity index (χ1v) is 34.1. The first kappa shape index (κ1) is 68.8. The average Bonchev–Trinajstić information content (AvgIpc) is 1.21. The van der Waals surface area contributed by atoms with Gasteiger partial charge in [0.15, 0.2) is 0 Å². The smallest absolute Gasteiger partial charge is 0.314 e. The van der Waals surface area contributed by atoms with E-state index in [2.05, 4.69) is 34.6 Å². The molecule has 0 radical (unpaired) electrons. The molecule has 2 aliphatic heterocycles. The Labute approximate surface area is 512 Å². The average molecular weight is 1190 g/mol. The number of rotatable bonds is 16. The molecule has 2 atom stereocenters. The quantitative estimate of drug-likeness (QED) is 0.105. The third kappa shape index (κ3) is 15.8. The van der Waals surface area contributed by atoms with Gasteiger partial charge in [-0.1, -0.05) is 41.5 Å². The lowest BCUT2D eigenvalue weighted by Crippen LogP contribution is -2.60. The topological polar surface area (TPSA) is 184 Å². The van der Waals surface area contributed by atoms with Crippen LogP contribution in [-0.2, 0) is 66.7 Å². The van der Waals surface area contributed by atoms with Crippen molar-refractivity contribution >= 4 is 41.8 Å². The third-order valence-electron chi connectivity index (χ3n) is 24.1. The van der Waals surface area contributed by atoms with Gasteiger partial charge in [0.05, 0.1) is 39.9 Å². The Morgan fingerprint density at radius 2 is 0.800 bits per heavy atom. The molecule has 0 aromatic rings. The van der Waals surface area contributed by atoms with Crippen molar-refractivity contribution in [3.8, 4) is 0 Å². The monoisotopic (exact) mass is 1190 g/mol. The van der Waals surface area contributed by atoms with E-state index < -0.39 is 17.1 Å². The summed E-state index contributed by atoms with van der Waals surface area (Å²) in [4.78, 5) is 82.1. The zero-order chi connectivity index (χ0) is 62.9. The van der Waals surface area contributed by atoms with Crippen molar-refractivity contribution in [1.29, 1.82) is 0 Å². The highest BCUT2D eigenvalue weighted by Crippen LogP contribution is 2.62. The van der Waals surface area contributed by atoms with Crippen LogP contribution >= 0.6 is 0 Å². The molecule has 14 rings (SSSR count). The lowest BCUT2D eigenvalue weighted by molar-refractivity contribution is -0.218. The summed E-state index contributed by atoms with van der Waals surface area (Å²) in [6.07, 6.45) is 25.8. The van der Waals surface area contributed by atoms with Gasteiger partial charge in [-0.3, -0.25) is 33.6 Å². The summed E-state index contributed by atoms with van der Waals surface area (Å²) in [5.74, 6) is 7.69. The SMILES string of the molecule is CCC(C)(C)C(=O)OC1(C)C2CC3CC(C2)CC1C3.CCC(C)(C)C(=O)OC1(CC)C2CC3CC(C2)CC1C3.CCC(C)(C)C(=O)OC12CC3CC(CC(C3)C1)C2.CCC(C)(C)C(=O)OC1CCC(=O)O1.CCC(C)(C)C(=O)OC1COC(=O)C1. The van der Waals surface area contributed by atoms with Crippen LogP contribution < -0.4 is 0 Å². The Balaban J connectivity index is 0.000000154. The molecular formula is C71H116O14. The van der Waals surface area contributed by atoms with E-state index in [1.165, 1.54) is 83.5 Å². The van der Waals surface area contributed by atoms with Gasteiger partial charge >= 0.3 is 41.8 Å². The molecule has 14 aliphatic rings. The lowest BCUT2D eigenvalue weighted by atomic mass is 9.49. The second-order valence-electron chi connectivity index (χ2n) is 32.3. The van der Waals surface area contributed by atoms with Crippen molar-refractivity contribution in [2.24, 2.45) is 92.2 Å². The fourth-order valence-electron chi connectivity index (χ4n) is 16.7. The molecule has 484 valence electrons. The highest BCUT2D eigenvalue weighted by atomic mass is 16.7. The Bertz CT molecular complexity index is 2230. The molecule has 14 fully saturated rings. The van der Waals surface area contributed by atoms with Crippen LogP contribution in [0, 0.1) is 92.2 Å². The van der Waals surface area contributed by atoms with Crippen molar-refractivity contribution < 1.29 is 66.7 Å². The predicted molar refractivity (Wildman–Crippen MR) is 326 cm³/mol. The van der Waals surface area contributed by atoms with E-state index in [-0.39, 0.29) is 94.0 Å². The molecular weight excluding hydrogens is 1080 g/mol. The Morgan fingerprint density at radius 3 is 1.15 bits per heavy atom. The Hall–Kier alpha value is -3.71. The van der Waals surface area contributed by atoms with Gasteiger partial charge in [-0.25, -0.2) is 0 Å². The molecule has 2 heterocycles. The first-order valence-electron chi connectivity index (χ1n) is 34.1.